The monoisotopic (exact) mass is 459 g/mol. The van der Waals surface area contributed by atoms with Crippen molar-refractivity contribution in [3.05, 3.63) is 41.5 Å². The minimum Gasteiger partial charge on any atom is -0.372 e. The predicted octanol–water partition coefficient (Wildman–Crippen LogP) is 5.50. The van der Waals surface area contributed by atoms with Gasteiger partial charge in [-0.15, -0.1) is 0 Å². The zero-order valence-electron chi connectivity index (χ0n) is 20.8. The number of anilines is 2. The quantitative estimate of drug-likeness (QED) is 0.569. The maximum Gasteiger partial charge on any atom is 0.229 e. The van der Waals surface area contributed by atoms with Gasteiger partial charge in [0.05, 0.1) is 23.3 Å². The van der Waals surface area contributed by atoms with Gasteiger partial charge < -0.3 is 4.90 Å². The van der Waals surface area contributed by atoms with Crippen molar-refractivity contribution in [2.45, 2.75) is 55.4 Å². The maximum atomic E-state index is 13.2. The molecule has 0 atom stereocenters. The fourth-order valence-electron chi connectivity index (χ4n) is 3.62. The number of hydrogen-bond acceptors (Lipinski definition) is 5. The molecule has 0 saturated heterocycles. The van der Waals surface area contributed by atoms with E-state index >= 15 is 0 Å². The van der Waals surface area contributed by atoms with Crippen molar-refractivity contribution in [1.29, 1.82) is 0 Å². The van der Waals surface area contributed by atoms with Gasteiger partial charge in [0.25, 0.3) is 0 Å². The molecule has 32 heavy (non-hydrogen) atoms. The van der Waals surface area contributed by atoms with Gasteiger partial charge in [0.2, 0.25) is 10.0 Å². The van der Waals surface area contributed by atoms with E-state index in [2.05, 4.69) is 23.5 Å². The lowest BCUT2D eigenvalue weighted by atomic mass is 9.72. The first-order valence-electron chi connectivity index (χ1n) is 11.0. The second-order valence-electron chi connectivity index (χ2n) is 10.2. The molecule has 0 spiro atoms. The van der Waals surface area contributed by atoms with Crippen LogP contribution in [0.1, 0.15) is 55.4 Å². The van der Waals surface area contributed by atoms with Gasteiger partial charge >= 0.3 is 0 Å². The summed E-state index contributed by atoms with van der Waals surface area (Å²) in [5.41, 5.74) is 3.17. The highest BCUT2D eigenvalue weighted by Crippen LogP contribution is 2.38. The molecule has 0 heterocycles. The highest BCUT2D eigenvalue weighted by atomic mass is 32.2. The number of carbonyl (C=O) groups excluding carboxylic acids is 1. The summed E-state index contributed by atoms with van der Waals surface area (Å²) in [6.07, 6.45) is 4.77. The molecular weight excluding hydrogens is 422 g/mol. The Morgan fingerprint density at radius 2 is 1.44 bits per heavy atom. The van der Waals surface area contributed by atoms with E-state index in [0.717, 1.165) is 25.0 Å². The molecule has 1 aliphatic carbocycles. The summed E-state index contributed by atoms with van der Waals surface area (Å²) < 4.78 is 26.7. The van der Waals surface area contributed by atoms with Crippen LogP contribution >= 0.6 is 0 Å². The SMILES string of the molecule is CCN(CC)c1ccc(N=C2C=C(C(C)(C)C)C(=O)C(C(C)(C)C)=C2)c(NS(C)(=O)=O)c1. The van der Waals surface area contributed by atoms with Crippen LogP contribution in [0.5, 0.6) is 0 Å². The van der Waals surface area contributed by atoms with Crippen molar-refractivity contribution in [3.8, 4) is 0 Å². The molecule has 6 nitrogen and oxygen atoms in total. The Morgan fingerprint density at radius 1 is 0.938 bits per heavy atom. The topological polar surface area (TPSA) is 78.8 Å². The van der Waals surface area contributed by atoms with E-state index in [9.17, 15) is 13.2 Å². The molecule has 0 bridgehead atoms. The Hall–Kier alpha value is -2.41. The van der Waals surface area contributed by atoms with E-state index < -0.39 is 10.0 Å². The van der Waals surface area contributed by atoms with E-state index in [0.29, 0.717) is 28.2 Å². The summed E-state index contributed by atoms with van der Waals surface area (Å²) in [4.78, 5) is 20.1. The molecule has 0 fully saturated rings. The second-order valence-corrected chi connectivity index (χ2v) is 12.0. The maximum absolute atomic E-state index is 13.2. The fraction of sp³-hybridized carbons (Fsp3) is 0.520. The molecule has 0 radical (unpaired) electrons. The van der Waals surface area contributed by atoms with Gasteiger partial charge in [-0.05, 0) is 55.0 Å². The predicted molar refractivity (Wildman–Crippen MR) is 136 cm³/mol. The lowest BCUT2D eigenvalue weighted by molar-refractivity contribution is -0.114. The van der Waals surface area contributed by atoms with Gasteiger partial charge in [0, 0.05) is 29.9 Å². The number of ketones is 1. The van der Waals surface area contributed by atoms with Gasteiger partial charge in [-0.3, -0.25) is 9.52 Å². The number of rotatable bonds is 6. The Labute approximate surface area is 193 Å². The molecule has 176 valence electrons. The largest absolute Gasteiger partial charge is 0.372 e. The van der Waals surface area contributed by atoms with Crippen molar-refractivity contribution >= 4 is 38.6 Å². The molecule has 1 aliphatic rings. The summed E-state index contributed by atoms with van der Waals surface area (Å²) in [5.74, 6) is 0.0373. The Morgan fingerprint density at radius 3 is 1.84 bits per heavy atom. The molecule has 1 aromatic rings. The van der Waals surface area contributed by atoms with E-state index in [-0.39, 0.29) is 16.6 Å². The van der Waals surface area contributed by atoms with Gasteiger partial charge in [0.1, 0.15) is 0 Å². The highest BCUT2D eigenvalue weighted by Gasteiger charge is 2.34. The smallest absolute Gasteiger partial charge is 0.229 e. The third-order valence-electron chi connectivity index (χ3n) is 5.34. The summed E-state index contributed by atoms with van der Waals surface area (Å²) >= 11 is 0. The Bertz CT molecular complexity index is 1040. The van der Waals surface area contributed by atoms with E-state index in [1.54, 1.807) is 0 Å². The molecule has 0 aromatic heterocycles. The number of aliphatic imine (C=N–C) groups is 1. The van der Waals surface area contributed by atoms with Crippen LogP contribution in [-0.2, 0) is 14.8 Å². The van der Waals surface area contributed by atoms with Crippen LogP contribution in [-0.4, -0.2) is 39.3 Å². The molecule has 7 heteroatoms. The normalized spacial score (nSPS) is 15.3. The zero-order valence-corrected chi connectivity index (χ0v) is 21.6. The Balaban J connectivity index is 2.71. The number of allylic oxidation sites excluding steroid dienone is 4. The van der Waals surface area contributed by atoms with Gasteiger partial charge in [-0.25, -0.2) is 13.4 Å². The van der Waals surface area contributed by atoms with Crippen molar-refractivity contribution in [3.63, 3.8) is 0 Å². The summed E-state index contributed by atoms with van der Waals surface area (Å²) in [6, 6.07) is 5.57. The molecule has 2 rings (SSSR count). The number of sulfonamides is 1. The second kappa shape index (κ2) is 9.22. The third-order valence-corrected chi connectivity index (χ3v) is 5.93. The number of carbonyl (C=O) groups is 1. The summed E-state index contributed by atoms with van der Waals surface area (Å²) in [7, 11) is -3.50. The fourth-order valence-corrected chi connectivity index (χ4v) is 4.18. The van der Waals surface area contributed by atoms with Crippen LogP contribution in [0.25, 0.3) is 0 Å². The van der Waals surface area contributed by atoms with Crippen molar-refractivity contribution < 1.29 is 13.2 Å². The van der Waals surface area contributed by atoms with E-state index in [1.807, 2.05) is 71.9 Å². The molecule has 0 amide bonds. The van der Waals surface area contributed by atoms with Crippen LogP contribution in [0.3, 0.4) is 0 Å². The van der Waals surface area contributed by atoms with Crippen LogP contribution in [0, 0.1) is 10.8 Å². The molecule has 0 aliphatic heterocycles. The van der Waals surface area contributed by atoms with Gasteiger partial charge in [-0.2, -0.15) is 0 Å². The number of Topliss-reactive ketones (excluding diaryl/α,β-unsaturated/α-hetero) is 1. The number of nitrogens with one attached hydrogen (secondary N) is 1. The first-order chi connectivity index (χ1) is 14.6. The number of nitrogens with zero attached hydrogens (tertiary/aromatic N) is 2. The first-order valence-corrected chi connectivity index (χ1v) is 12.9. The Kier molecular flexibility index (Phi) is 7.45. The van der Waals surface area contributed by atoms with Crippen molar-refractivity contribution in [2.75, 3.05) is 29.0 Å². The average molecular weight is 460 g/mol. The minimum absolute atomic E-state index is 0.0373. The molecule has 1 N–H and O–H groups in total. The van der Waals surface area contributed by atoms with Crippen LogP contribution in [0.15, 0.2) is 46.5 Å². The van der Waals surface area contributed by atoms with Crippen LogP contribution in [0.4, 0.5) is 17.1 Å². The van der Waals surface area contributed by atoms with Gasteiger partial charge in [0.15, 0.2) is 5.78 Å². The standard InChI is InChI=1S/C25H37N3O3S/c1-10-28(11-2)18-12-13-21(22(16-18)27-32(9,30)31)26-17-14-19(24(3,4)5)23(29)20(15-17)25(6,7)8/h12-16,27H,10-11H2,1-9H3. The lowest BCUT2D eigenvalue weighted by Gasteiger charge is -2.31. The van der Waals surface area contributed by atoms with Crippen LogP contribution in [0.2, 0.25) is 0 Å². The zero-order chi connectivity index (χ0) is 24.5. The van der Waals surface area contributed by atoms with Crippen LogP contribution < -0.4 is 9.62 Å². The molecule has 0 saturated carbocycles. The van der Waals surface area contributed by atoms with Crippen molar-refractivity contribution in [2.24, 2.45) is 15.8 Å². The minimum atomic E-state index is -3.50. The number of benzene rings is 1. The molecule has 1 aromatic carbocycles. The highest BCUT2D eigenvalue weighted by molar-refractivity contribution is 7.92. The molecular formula is C25H37N3O3S. The van der Waals surface area contributed by atoms with E-state index in [4.69, 9.17) is 4.99 Å². The lowest BCUT2D eigenvalue weighted by Crippen LogP contribution is -2.29. The summed E-state index contributed by atoms with van der Waals surface area (Å²) in [6.45, 7) is 17.8. The van der Waals surface area contributed by atoms with E-state index in [1.165, 1.54) is 0 Å². The third kappa shape index (κ3) is 6.31. The first kappa shape index (κ1) is 25.8. The number of hydrogen-bond donors (Lipinski definition) is 1. The average Bonchev–Trinajstić information content (AvgIpc) is 2.62. The molecule has 0 unspecified atom stereocenters. The van der Waals surface area contributed by atoms with Gasteiger partial charge in [-0.1, -0.05) is 41.5 Å². The summed E-state index contributed by atoms with van der Waals surface area (Å²) in [5, 5.41) is 0. The van der Waals surface area contributed by atoms with Crippen molar-refractivity contribution in [1.82, 2.24) is 0 Å².